The lowest BCUT2D eigenvalue weighted by Crippen LogP contribution is -1.78. The molecular weight excluding hydrogens is 280 g/mol. The molecule has 0 spiro atoms. The molecule has 5 aromatic rings. The topological polar surface area (TPSA) is 28.7 Å². The van der Waals surface area contributed by atoms with E-state index in [1.807, 2.05) is 54.7 Å². The molecule has 0 atom stereocenters. The Kier molecular flexibility index (Phi) is 3.49. The van der Waals surface area contributed by atoms with Gasteiger partial charge in [0.15, 0.2) is 0 Å². The second kappa shape index (κ2) is 5.93. The van der Waals surface area contributed by atoms with Crippen LogP contribution >= 0.6 is 0 Å². The smallest absolute Gasteiger partial charge is 0.0801 e. The normalized spacial score (nSPS) is 10.6. The zero-order chi connectivity index (χ0) is 15.5. The Hall–Kier alpha value is -3.13. The van der Waals surface area contributed by atoms with Gasteiger partial charge in [-0.25, -0.2) is 0 Å². The van der Waals surface area contributed by atoms with Gasteiger partial charge in [-0.1, -0.05) is 66.7 Å². The van der Waals surface area contributed by atoms with E-state index in [0.717, 1.165) is 11.0 Å². The van der Waals surface area contributed by atoms with Crippen LogP contribution in [-0.4, -0.2) is 9.97 Å². The van der Waals surface area contributed by atoms with Crippen LogP contribution in [0, 0.1) is 0 Å². The molecule has 0 saturated carbocycles. The molecule has 2 heterocycles. The van der Waals surface area contributed by atoms with E-state index in [9.17, 15) is 0 Å². The molecule has 0 fully saturated rings. The number of para-hydroxylation sites is 1. The van der Waals surface area contributed by atoms with E-state index >= 15 is 0 Å². The van der Waals surface area contributed by atoms with Gasteiger partial charge in [-0.05, 0) is 18.2 Å². The number of benzene rings is 3. The molecule has 110 valence electrons. The van der Waals surface area contributed by atoms with E-state index in [1.54, 1.807) is 0 Å². The maximum Gasteiger partial charge on any atom is 0.0801 e. The van der Waals surface area contributed by atoms with Crippen LogP contribution in [0.4, 0.5) is 0 Å². The third-order valence-electron chi connectivity index (χ3n) is 3.91. The molecule has 23 heavy (non-hydrogen) atoms. The lowest BCUT2D eigenvalue weighted by atomic mass is 10.1. The first-order chi connectivity index (χ1) is 11.4. The molecule has 3 aromatic carbocycles. The van der Waals surface area contributed by atoms with Crippen molar-refractivity contribution < 1.29 is 0 Å². The maximum atomic E-state index is 4.51. The number of nitrogens with one attached hydrogen (secondary N) is 1. The van der Waals surface area contributed by atoms with Crippen LogP contribution in [0.15, 0.2) is 91.1 Å². The number of hydrogen-bond donors (Lipinski definition) is 1. The summed E-state index contributed by atoms with van der Waals surface area (Å²) < 4.78 is 0. The van der Waals surface area contributed by atoms with Crippen molar-refractivity contribution in [3.05, 3.63) is 91.1 Å². The third kappa shape index (κ3) is 2.55. The van der Waals surface area contributed by atoms with E-state index in [4.69, 9.17) is 0 Å². The minimum atomic E-state index is 1.07. The first-order valence-corrected chi connectivity index (χ1v) is 7.68. The van der Waals surface area contributed by atoms with Crippen LogP contribution in [-0.2, 0) is 0 Å². The van der Waals surface area contributed by atoms with Crippen molar-refractivity contribution in [2.45, 2.75) is 0 Å². The highest BCUT2D eigenvalue weighted by Crippen LogP contribution is 2.30. The zero-order valence-corrected chi connectivity index (χ0v) is 12.6. The van der Waals surface area contributed by atoms with Crippen LogP contribution in [0.2, 0.25) is 0 Å². The number of aromatic nitrogens is 2. The number of nitrogens with zero attached hydrogens (tertiary/aromatic N) is 1. The van der Waals surface area contributed by atoms with E-state index in [1.165, 1.54) is 21.7 Å². The Morgan fingerprint density at radius 2 is 1.35 bits per heavy atom. The predicted molar refractivity (Wildman–Crippen MR) is 97.5 cm³/mol. The van der Waals surface area contributed by atoms with Crippen molar-refractivity contribution in [2.24, 2.45) is 0 Å². The number of rotatable bonds is 0. The summed E-state index contributed by atoms with van der Waals surface area (Å²) in [5.41, 5.74) is 3.39. The van der Waals surface area contributed by atoms with Crippen LogP contribution < -0.4 is 0 Å². The van der Waals surface area contributed by atoms with E-state index < -0.39 is 0 Å². The van der Waals surface area contributed by atoms with Crippen LogP contribution in [0.3, 0.4) is 0 Å². The first kappa shape index (κ1) is 13.5. The van der Waals surface area contributed by atoms with Crippen molar-refractivity contribution in [2.75, 3.05) is 0 Å². The number of fused-ring (bicyclic) bond motifs is 5. The van der Waals surface area contributed by atoms with Crippen LogP contribution in [0.5, 0.6) is 0 Å². The van der Waals surface area contributed by atoms with E-state index in [2.05, 4.69) is 46.4 Å². The molecule has 0 bridgehead atoms. The van der Waals surface area contributed by atoms with Gasteiger partial charge >= 0.3 is 0 Å². The number of aromatic amines is 1. The van der Waals surface area contributed by atoms with Crippen molar-refractivity contribution in [1.29, 1.82) is 0 Å². The first-order valence-electron chi connectivity index (χ1n) is 7.68. The summed E-state index contributed by atoms with van der Waals surface area (Å²) in [5, 5.41) is 3.65. The summed E-state index contributed by atoms with van der Waals surface area (Å²) in [4.78, 5) is 7.94. The third-order valence-corrected chi connectivity index (χ3v) is 3.91. The summed E-state index contributed by atoms with van der Waals surface area (Å²) in [6, 6.07) is 28.7. The fourth-order valence-electron chi connectivity index (χ4n) is 2.86. The lowest BCUT2D eigenvalue weighted by Gasteiger charge is -1.98. The number of pyridine rings is 1. The average Bonchev–Trinajstić information content (AvgIpc) is 3.03. The highest BCUT2D eigenvalue weighted by Gasteiger charge is 2.07. The molecule has 0 saturated heterocycles. The fourth-order valence-corrected chi connectivity index (χ4v) is 2.86. The van der Waals surface area contributed by atoms with Crippen molar-refractivity contribution >= 4 is 32.7 Å². The SMILES string of the molecule is c1ccccc1.c1cnc2c(c1)ccc1[nH]c3ccccc3c12. The Morgan fingerprint density at radius 1 is 0.609 bits per heavy atom. The monoisotopic (exact) mass is 296 g/mol. The van der Waals surface area contributed by atoms with Gasteiger partial charge in [-0.15, -0.1) is 0 Å². The molecule has 2 aromatic heterocycles. The van der Waals surface area contributed by atoms with Crippen LogP contribution in [0.1, 0.15) is 0 Å². The fraction of sp³-hybridized carbons (Fsp3) is 0. The molecule has 5 rings (SSSR count). The molecule has 0 radical (unpaired) electrons. The van der Waals surface area contributed by atoms with Gasteiger partial charge < -0.3 is 4.98 Å². The van der Waals surface area contributed by atoms with Gasteiger partial charge in [-0.3, -0.25) is 4.98 Å². The quantitative estimate of drug-likeness (QED) is 0.398. The van der Waals surface area contributed by atoms with Gasteiger partial charge in [0, 0.05) is 33.4 Å². The maximum absolute atomic E-state index is 4.51. The van der Waals surface area contributed by atoms with Gasteiger partial charge in [0.2, 0.25) is 0 Å². The van der Waals surface area contributed by atoms with Gasteiger partial charge in [0.1, 0.15) is 0 Å². The highest BCUT2D eigenvalue weighted by molar-refractivity contribution is 6.18. The molecule has 0 amide bonds. The number of H-pyrrole nitrogens is 1. The molecule has 0 aliphatic heterocycles. The second-order valence-corrected chi connectivity index (χ2v) is 5.39. The summed E-state index contributed by atoms with van der Waals surface area (Å²) in [7, 11) is 0. The second-order valence-electron chi connectivity index (χ2n) is 5.39. The van der Waals surface area contributed by atoms with E-state index in [0.29, 0.717) is 0 Å². The summed E-state index contributed by atoms with van der Waals surface area (Å²) in [6.07, 6.45) is 1.85. The Morgan fingerprint density at radius 3 is 2.13 bits per heavy atom. The molecule has 2 heteroatoms. The largest absolute Gasteiger partial charge is 0.354 e. The molecule has 0 aliphatic carbocycles. The predicted octanol–water partition coefficient (Wildman–Crippen LogP) is 5.56. The van der Waals surface area contributed by atoms with E-state index in [-0.39, 0.29) is 0 Å². The van der Waals surface area contributed by atoms with Gasteiger partial charge in [0.25, 0.3) is 0 Å². The average molecular weight is 296 g/mol. The molecule has 1 N–H and O–H groups in total. The lowest BCUT2D eigenvalue weighted by molar-refractivity contribution is 1.43. The molecule has 0 unspecified atom stereocenters. The standard InChI is InChI=1S/C15H10N2.C6H6/c1-2-6-12-11(5-1)14-13(17-12)8-7-10-4-3-9-16-15(10)14;1-2-4-6-5-3-1/h1-9,17H;1-6H. The minimum Gasteiger partial charge on any atom is -0.354 e. The summed E-state index contributed by atoms with van der Waals surface area (Å²) in [5.74, 6) is 0. The van der Waals surface area contributed by atoms with Crippen molar-refractivity contribution in [3.63, 3.8) is 0 Å². The van der Waals surface area contributed by atoms with Crippen LogP contribution in [0.25, 0.3) is 32.7 Å². The molecule has 0 aliphatic rings. The van der Waals surface area contributed by atoms with Crippen molar-refractivity contribution in [1.82, 2.24) is 9.97 Å². The Balaban J connectivity index is 0.000000192. The van der Waals surface area contributed by atoms with Gasteiger partial charge in [-0.2, -0.15) is 0 Å². The molecular formula is C21H16N2. The van der Waals surface area contributed by atoms with Gasteiger partial charge in [0.05, 0.1) is 5.52 Å². The number of hydrogen-bond acceptors (Lipinski definition) is 1. The highest BCUT2D eigenvalue weighted by atomic mass is 14.7. The van der Waals surface area contributed by atoms with Crippen molar-refractivity contribution in [3.8, 4) is 0 Å². The zero-order valence-electron chi connectivity index (χ0n) is 12.6. The summed E-state index contributed by atoms with van der Waals surface area (Å²) >= 11 is 0. The Labute approximate surface area is 134 Å². The minimum absolute atomic E-state index is 1.07. The molecule has 2 nitrogen and oxygen atoms in total. The Bertz CT molecular complexity index is 1030. The summed E-state index contributed by atoms with van der Waals surface area (Å²) in [6.45, 7) is 0.